The molecule has 3 amide bonds. The molecule has 6 nitrogen and oxygen atoms in total. The van der Waals surface area contributed by atoms with Crippen LogP contribution in [-0.4, -0.2) is 35.8 Å². The van der Waals surface area contributed by atoms with Crippen LogP contribution in [0.2, 0.25) is 0 Å². The molecule has 1 aliphatic rings. The smallest absolute Gasteiger partial charge is 0.223 e. The highest BCUT2D eigenvalue weighted by Crippen LogP contribution is 2.34. The van der Waals surface area contributed by atoms with Gasteiger partial charge in [0, 0.05) is 35.9 Å². The van der Waals surface area contributed by atoms with Crippen molar-refractivity contribution in [3.05, 3.63) is 0 Å². The van der Waals surface area contributed by atoms with Crippen LogP contribution in [0.25, 0.3) is 0 Å². The van der Waals surface area contributed by atoms with Gasteiger partial charge in [0.15, 0.2) is 0 Å². The Labute approximate surface area is 164 Å². The lowest BCUT2D eigenvalue weighted by Gasteiger charge is -2.34. The number of hydrogen-bond donors (Lipinski definition) is 3. The van der Waals surface area contributed by atoms with Crippen LogP contribution in [-0.2, 0) is 14.4 Å². The van der Waals surface area contributed by atoms with Crippen LogP contribution in [0.3, 0.4) is 0 Å². The molecule has 0 aromatic rings. The number of rotatable bonds is 9. The highest BCUT2D eigenvalue weighted by atomic mass is 16.2. The first kappa shape index (κ1) is 23.4. The molecule has 0 heterocycles. The van der Waals surface area contributed by atoms with Gasteiger partial charge in [-0.2, -0.15) is 0 Å². The first-order valence-electron chi connectivity index (χ1n) is 10.6. The molecule has 1 fully saturated rings. The summed E-state index contributed by atoms with van der Waals surface area (Å²) < 4.78 is 0. The SMILES string of the molecule is CCC(C)NC(=O)C1CC(C(=O)NC(C)CC)CC(C(=O)NC(C)CC)C1. The van der Waals surface area contributed by atoms with Gasteiger partial charge >= 0.3 is 0 Å². The van der Waals surface area contributed by atoms with E-state index in [2.05, 4.69) is 16.0 Å². The van der Waals surface area contributed by atoms with Gasteiger partial charge in [0.1, 0.15) is 0 Å². The van der Waals surface area contributed by atoms with Gasteiger partial charge in [-0.3, -0.25) is 14.4 Å². The fourth-order valence-electron chi connectivity index (χ4n) is 3.35. The second-order valence-electron chi connectivity index (χ2n) is 8.25. The maximum absolute atomic E-state index is 12.7. The summed E-state index contributed by atoms with van der Waals surface area (Å²) in [6.07, 6.45) is 4.10. The third kappa shape index (κ3) is 7.51. The molecule has 0 saturated heterocycles. The summed E-state index contributed by atoms with van der Waals surface area (Å²) in [4.78, 5) is 38.1. The average Bonchev–Trinajstić information content (AvgIpc) is 2.66. The van der Waals surface area contributed by atoms with Crippen LogP contribution in [0.1, 0.15) is 80.1 Å². The molecule has 0 bridgehead atoms. The number of nitrogens with one attached hydrogen (secondary N) is 3. The average molecular weight is 382 g/mol. The van der Waals surface area contributed by atoms with Crippen molar-refractivity contribution >= 4 is 17.7 Å². The molecule has 3 atom stereocenters. The molecule has 3 unspecified atom stereocenters. The highest BCUT2D eigenvalue weighted by Gasteiger charge is 2.39. The van der Waals surface area contributed by atoms with Crippen LogP contribution in [0, 0.1) is 17.8 Å². The standard InChI is InChI=1S/C21H39N3O3/c1-7-13(4)22-19(25)16-10-17(20(26)23-14(5)8-2)12-18(11-16)21(27)24-15(6)9-3/h13-18H,7-12H2,1-6H3,(H,22,25)(H,23,26)(H,24,27). The van der Waals surface area contributed by atoms with Crippen molar-refractivity contribution in [2.75, 3.05) is 0 Å². The quantitative estimate of drug-likeness (QED) is 0.574. The van der Waals surface area contributed by atoms with Crippen molar-refractivity contribution in [2.24, 2.45) is 17.8 Å². The lowest BCUT2D eigenvalue weighted by Crippen LogP contribution is -2.48. The summed E-state index contributed by atoms with van der Waals surface area (Å²) in [6, 6.07) is 0.289. The summed E-state index contributed by atoms with van der Waals surface area (Å²) in [7, 11) is 0. The molecule has 0 radical (unpaired) electrons. The van der Waals surface area contributed by atoms with E-state index in [4.69, 9.17) is 0 Å². The van der Waals surface area contributed by atoms with E-state index in [1.54, 1.807) is 0 Å². The third-order valence-corrected chi connectivity index (χ3v) is 5.82. The summed E-state index contributed by atoms with van der Waals surface area (Å²) in [5.74, 6) is -1.00. The molecule has 0 aromatic heterocycles. The van der Waals surface area contributed by atoms with Crippen LogP contribution in [0.4, 0.5) is 0 Å². The minimum Gasteiger partial charge on any atom is -0.353 e. The van der Waals surface area contributed by atoms with E-state index in [1.807, 2.05) is 41.5 Å². The number of amides is 3. The number of carbonyl (C=O) groups excluding carboxylic acids is 3. The summed E-state index contributed by atoms with van der Waals surface area (Å²) in [5.41, 5.74) is 0. The summed E-state index contributed by atoms with van der Waals surface area (Å²) >= 11 is 0. The summed E-state index contributed by atoms with van der Waals surface area (Å²) in [5, 5.41) is 9.06. The first-order chi connectivity index (χ1) is 12.7. The molecule has 1 aliphatic carbocycles. The van der Waals surface area contributed by atoms with Gasteiger partial charge in [0.05, 0.1) is 0 Å². The van der Waals surface area contributed by atoms with Gasteiger partial charge < -0.3 is 16.0 Å². The van der Waals surface area contributed by atoms with E-state index in [0.29, 0.717) is 19.3 Å². The molecule has 0 aliphatic heterocycles. The zero-order chi connectivity index (χ0) is 20.6. The predicted octanol–water partition coefficient (Wildman–Crippen LogP) is 2.76. The Balaban J connectivity index is 2.89. The lowest BCUT2D eigenvalue weighted by atomic mass is 9.73. The Morgan fingerprint density at radius 2 is 0.852 bits per heavy atom. The van der Waals surface area contributed by atoms with Gasteiger partial charge in [-0.15, -0.1) is 0 Å². The number of hydrogen-bond acceptors (Lipinski definition) is 3. The Morgan fingerprint density at radius 3 is 1.04 bits per heavy atom. The minimum atomic E-state index is -0.298. The lowest BCUT2D eigenvalue weighted by molar-refractivity contribution is -0.135. The largest absolute Gasteiger partial charge is 0.353 e. The van der Waals surface area contributed by atoms with Gasteiger partial charge in [0.2, 0.25) is 17.7 Å². The fourth-order valence-corrected chi connectivity index (χ4v) is 3.35. The predicted molar refractivity (Wildman–Crippen MR) is 108 cm³/mol. The van der Waals surface area contributed by atoms with E-state index < -0.39 is 0 Å². The molecule has 6 heteroatoms. The molecule has 156 valence electrons. The van der Waals surface area contributed by atoms with Crippen LogP contribution >= 0.6 is 0 Å². The Kier molecular flexibility index (Phi) is 9.81. The van der Waals surface area contributed by atoms with E-state index in [0.717, 1.165) is 19.3 Å². The van der Waals surface area contributed by atoms with Gasteiger partial charge in [0.25, 0.3) is 0 Å². The van der Waals surface area contributed by atoms with Gasteiger partial charge in [-0.25, -0.2) is 0 Å². The monoisotopic (exact) mass is 381 g/mol. The molecule has 0 spiro atoms. The fraction of sp³-hybridized carbons (Fsp3) is 0.857. The Bertz CT molecular complexity index is 432. The van der Waals surface area contributed by atoms with Crippen LogP contribution in [0.5, 0.6) is 0 Å². The zero-order valence-corrected chi connectivity index (χ0v) is 17.9. The topological polar surface area (TPSA) is 87.3 Å². The first-order valence-corrected chi connectivity index (χ1v) is 10.6. The molecule has 0 aromatic carbocycles. The molecule has 1 rings (SSSR count). The van der Waals surface area contributed by atoms with Crippen molar-refractivity contribution in [1.82, 2.24) is 16.0 Å². The Morgan fingerprint density at radius 1 is 0.630 bits per heavy atom. The summed E-state index contributed by atoms with van der Waals surface area (Å²) in [6.45, 7) is 12.0. The Hall–Kier alpha value is -1.59. The van der Waals surface area contributed by atoms with Crippen LogP contribution < -0.4 is 16.0 Å². The van der Waals surface area contributed by atoms with Gasteiger partial charge in [-0.05, 0) is 59.3 Å². The van der Waals surface area contributed by atoms with Crippen LogP contribution in [0.15, 0.2) is 0 Å². The van der Waals surface area contributed by atoms with E-state index in [9.17, 15) is 14.4 Å². The molecule has 3 N–H and O–H groups in total. The van der Waals surface area contributed by atoms with Crippen molar-refractivity contribution in [2.45, 2.75) is 98.2 Å². The van der Waals surface area contributed by atoms with Crippen molar-refractivity contribution in [1.29, 1.82) is 0 Å². The van der Waals surface area contributed by atoms with E-state index >= 15 is 0 Å². The molecule has 1 saturated carbocycles. The van der Waals surface area contributed by atoms with Crippen molar-refractivity contribution in [3.63, 3.8) is 0 Å². The van der Waals surface area contributed by atoms with Crippen molar-refractivity contribution in [3.8, 4) is 0 Å². The highest BCUT2D eigenvalue weighted by molar-refractivity contribution is 5.86. The minimum absolute atomic E-state index is 0.0354. The molecular formula is C21H39N3O3. The molecular weight excluding hydrogens is 342 g/mol. The second kappa shape index (κ2) is 11.3. The van der Waals surface area contributed by atoms with Crippen molar-refractivity contribution < 1.29 is 14.4 Å². The second-order valence-corrected chi connectivity index (χ2v) is 8.25. The van der Waals surface area contributed by atoms with E-state index in [-0.39, 0.29) is 53.6 Å². The van der Waals surface area contributed by atoms with E-state index in [1.165, 1.54) is 0 Å². The maximum Gasteiger partial charge on any atom is 0.223 e. The molecule has 27 heavy (non-hydrogen) atoms. The normalized spacial score (nSPS) is 25.8. The third-order valence-electron chi connectivity index (χ3n) is 5.82. The number of carbonyl (C=O) groups is 3. The zero-order valence-electron chi connectivity index (χ0n) is 17.9. The maximum atomic E-state index is 12.7. The van der Waals surface area contributed by atoms with Gasteiger partial charge in [-0.1, -0.05) is 20.8 Å².